The number of unbranched alkanes of at least 4 members (excludes halogenated alkanes) is 1. The van der Waals surface area contributed by atoms with Crippen LogP contribution in [0.15, 0.2) is 0 Å². The molecule has 13 heteroatoms. The number of likely N-dealkylation sites (N-methyl/N-ethyl adjacent to an activating group) is 1. The second kappa shape index (κ2) is 19.2. The normalized spacial score (nSPS) is 15.9. The van der Waals surface area contributed by atoms with Gasteiger partial charge in [0.25, 0.3) is 0 Å². The number of phosphoric ester groups is 1. The Hall–Kier alpha value is -1.17. The van der Waals surface area contributed by atoms with Crippen molar-refractivity contribution in [2.75, 3.05) is 60.7 Å². The largest absolute Gasteiger partial charge is 0.472 e. The number of nitrogens with zero attached hydrogens (tertiary/aromatic N) is 1. The van der Waals surface area contributed by atoms with Crippen molar-refractivity contribution in [3.05, 3.63) is 0 Å². The molecule has 1 amide bonds. The number of thiol groups is 1. The SMILES string of the molecule is CCCC(S)CCCCC(=O)NCCOC(=O)C(C)(CC)CC(C)(C)C(=O)OCCOP(=O)(O)OCC[N+](C)(C)C. The first-order chi connectivity index (χ1) is 18.9. The number of quaternary nitrogens is 1. The topological polar surface area (TPSA) is 137 Å². The summed E-state index contributed by atoms with van der Waals surface area (Å²) in [5, 5.41) is 3.16. The lowest BCUT2D eigenvalue weighted by Crippen LogP contribution is -2.39. The summed E-state index contributed by atoms with van der Waals surface area (Å²) < 4.78 is 33.1. The van der Waals surface area contributed by atoms with Gasteiger partial charge in [0, 0.05) is 11.7 Å². The van der Waals surface area contributed by atoms with E-state index in [2.05, 4.69) is 24.9 Å². The lowest BCUT2D eigenvalue weighted by molar-refractivity contribution is -0.870. The Morgan fingerprint density at radius 3 is 2.12 bits per heavy atom. The molecular weight excluding hydrogens is 571 g/mol. The van der Waals surface area contributed by atoms with E-state index in [9.17, 15) is 23.8 Å². The number of nitrogens with one attached hydrogen (secondary N) is 1. The smallest absolute Gasteiger partial charge is 0.463 e. The minimum Gasteiger partial charge on any atom is -0.463 e. The first-order valence-electron chi connectivity index (χ1n) is 14.6. The third kappa shape index (κ3) is 18.9. The average Bonchev–Trinajstić information content (AvgIpc) is 2.85. The third-order valence-electron chi connectivity index (χ3n) is 6.72. The molecule has 0 heterocycles. The van der Waals surface area contributed by atoms with Crippen LogP contribution in [0, 0.1) is 10.8 Å². The fourth-order valence-corrected chi connectivity index (χ4v) is 5.21. The van der Waals surface area contributed by atoms with Crippen molar-refractivity contribution in [1.82, 2.24) is 5.32 Å². The van der Waals surface area contributed by atoms with Gasteiger partial charge in [0.05, 0.1) is 45.1 Å². The summed E-state index contributed by atoms with van der Waals surface area (Å²) in [6.45, 7) is 9.29. The fourth-order valence-electron chi connectivity index (χ4n) is 4.08. The third-order valence-corrected chi connectivity index (χ3v) is 8.25. The molecule has 0 aromatic carbocycles. The average molecular weight is 628 g/mol. The quantitative estimate of drug-likeness (QED) is 0.0491. The van der Waals surface area contributed by atoms with Crippen LogP contribution in [0.1, 0.15) is 86.0 Å². The lowest BCUT2D eigenvalue weighted by Gasteiger charge is -2.33. The van der Waals surface area contributed by atoms with Crippen LogP contribution in [0.3, 0.4) is 0 Å². The van der Waals surface area contributed by atoms with Gasteiger partial charge in [-0.1, -0.05) is 26.7 Å². The highest BCUT2D eigenvalue weighted by molar-refractivity contribution is 7.80. The second-order valence-corrected chi connectivity index (χ2v) is 14.6. The highest BCUT2D eigenvalue weighted by Crippen LogP contribution is 2.43. The molecule has 0 aromatic rings. The van der Waals surface area contributed by atoms with E-state index in [0.29, 0.717) is 29.1 Å². The number of phosphoric acid groups is 1. The Morgan fingerprint density at radius 2 is 1.54 bits per heavy atom. The molecule has 0 saturated heterocycles. The Morgan fingerprint density at radius 1 is 0.927 bits per heavy atom. The van der Waals surface area contributed by atoms with Crippen molar-refractivity contribution in [1.29, 1.82) is 0 Å². The van der Waals surface area contributed by atoms with E-state index in [1.165, 1.54) is 0 Å². The first-order valence-corrected chi connectivity index (χ1v) is 16.6. The van der Waals surface area contributed by atoms with Gasteiger partial charge in [-0.05, 0) is 52.9 Å². The van der Waals surface area contributed by atoms with Crippen molar-refractivity contribution in [3.8, 4) is 0 Å². The molecule has 0 aliphatic heterocycles. The number of hydrogen-bond donors (Lipinski definition) is 3. The molecule has 0 bridgehead atoms. The van der Waals surface area contributed by atoms with Crippen molar-refractivity contribution in [2.45, 2.75) is 91.2 Å². The van der Waals surface area contributed by atoms with Gasteiger partial charge in [-0.3, -0.25) is 23.4 Å². The minimum atomic E-state index is -4.26. The zero-order valence-corrected chi connectivity index (χ0v) is 28.3. The highest BCUT2D eigenvalue weighted by atomic mass is 32.1. The molecule has 0 radical (unpaired) electrons. The zero-order valence-electron chi connectivity index (χ0n) is 26.5. The molecule has 0 rings (SSSR count). The molecule has 0 spiro atoms. The van der Waals surface area contributed by atoms with Crippen LogP contribution in [0.2, 0.25) is 0 Å². The van der Waals surface area contributed by atoms with Gasteiger partial charge in [-0.15, -0.1) is 0 Å². The maximum absolute atomic E-state index is 12.9. The van der Waals surface area contributed by atoms with E-state index in [1.807, 2.05) is 28.1 Å². The van der Waals surface area contributed by atoms with E-state index >= 15 is 0 Å². The molecule has 41 heavy (non-hydrogen) atoms. The predicted molar refractivity (Wildman–Crippen MR) is 163 cm³/mol. The molecule has 2 N–H and O–H groups in total. The molecule has 0 fully saturated rings. The van der Waals surface area contributed by atoms with Gasteiger partial charge in [0.15, 0.2) is 0 Å². The van der Waals surface area contributed by atoms with Crippen LogP contribution in [0.5, 0.6) is 0 Å². The summed E-state index contributed by atoms with van der Waals surface area (Å²) in [6, 6.07) is 0. The van der Waals surface area contributed by atoms with E-state index in [0.717, 1.165) is 32.1 Å². The summed E-state index contributed by atoms with van der Waals surface area (Å²) in [4.78, 5) is 47.5. The molecule has 0 saturated carbocycles. The second-order valence-electron chi connectivity index (χ2n) is 12.4. The van der Waals surface area contributed by atoms with Crippen molar-refractivity contribution in [2.24, 2.45) is 10.8 Å². The summed E-state index contributed by atoms with van der Waals surface area (Å²) >= 11 is 4.53. The number of amides is 1. The van der Waals surface area contributed by atoms with Crippen LogP contribution in [0.25, 0.3) is 0 Å². The van der Waals surface area contributed by atoms with Crippen molar-refractivity contribution >= 4 is 38.3 Å². The van der Waals surface area contributed by atoms with Crippen LogP contribution < -0.4 is 5.32 Å². The molecule has 3 unspecified atom stereocenters. The van der Waals surface area contributed by atoms with Crippen LogP contribution in [0.4, 0.5) is 0 Å². The maximum atomic E-state index is 12.9. The minimum absolute atomic E-state index is 0.0373. The number of carbonyl (C=O) groups is 3. The predicted octanol–water partition coefficient (Wildman–Crippen LogP) is 4.52. The number of ether oxygens (including phenoxy) is 2. The van der Waals surface area contributed by atoms with Crippen LogP contribution >= 0.6 is 20.5 Å². The fraction of sp³-hybridized carbons (Fsp3) is 0.893. The standard InChI is InChI=1S/C28H55N2O9PS/c1-9-13-23(41)14-11-12-15-24(31)29-16-18-36-26(33)28(5,10-2)22-27(3,4)25(32)37-20-21-39-40(34,35)38-19-17-30(6,7)8/h23H,9-22H2,1-8H3,(H2-,29,31,34,35,41)/p+1. The number of esters is 2. The van der Waals surface area contributed by atoms with Crippen LogP contribution in [-0.2, 0) is 37.5 Å². The van der Waals surface area contributed by atoms with Gasteiger partial charge in [-0.25, -0.2) is 4.57 Å². The van der Waals surface area contributed by atoms with E-state index in [1.54, 1.807) is 20.8 Å². The van der Waals surface area contributed by atoms with Gasteiger partial charge in [-0.2, -0.15) is 12.6 Å². The number of hydrogen-bond acceptors (Lipinski definition) is 9. The van der Waals surface area contributed by atoms with Gasteiger partial charge in [0.2, 0.25) is 5.91 Å². The van der Waals surface area contributed by atoms with Gasteiger partial charge >= 0.3 is 19.8 Å². The lowest BCUT2D eigenvalue weighted by atomic mass is 9.72. The van der Waals surface area contributed by atoms with Gasteiger partial charge in [0.1, 0.15) is 26.4 Å². The van der Waals surface area contributed by atoms with E-state index < -0.39 is 30.6 Å². The Bertz CT molecular complexity index is 851. The Kier molecular flexibility index (Phi) is 18.6. The van der Waals surface area contributed by atoms with E-state index in [4.69, 9.17) is 18.5 Å². The molecular formula is C28H56N2O9PS+. The summed E-state index contributed by atoms with van der Waals surface area (Å²) in [7, 11) is 1.52. The number of rotatable bonds is 23. The number of carbonyl (C=O) groups excluding carboxylic acids is 3. The van der Waals surface area contributed by atoms with E-state index in [-0.39, 0.29) is 45.3 Å². The van der Waals surface area contributed by atoms with Crippen LogP contribution in [-0.4, -0.2) is 93.1 Å². The van der Waals surface area contributed by atoms with Gasteiger partial charge < -0.3 is 24.2 Å². The first kappa shape index (κ1) is 39.8. The molecule has 242 valence electrons. The Balaban J connectivity index is 4.49. The highest BCUT2D eigenvalue weighted by Gasteiger charge is 2.43. The molecule has 3 atom stereocenters. The summed E-state index contributed by atoms with van der Waals surface area (Å²) in [5.41, 5.74) is -1.99. The monoisotopic (exact) mass is 627 g/mol. The molecule has 0 aromatic heterocycles. The molecule has 0 aliphatic carbocycles. The summed E-state index contributed by atoms with van der Waals surface area (Å²) in [6.07, 6.45) is 5.93. The van der Waals surface area contributed by atoms with Crippen molar-refractivity contribution < 1.29 is 46.8 Å². The van der Waals surface area contributed by atoms with Crippen molar-refractivity contribution in [3.63, 3.8) is 0 Å². The molecule has 11 nitrogen and oxygen atoms in total. The molecule has 0 aliphatic rings. The summed E-state index contributed by atoms with van der Waals surface area (Å²) in [5.74, 6) is -1.11. The Labute approximate surface area is 253 Å². The zero-order chi connectivity index (χ0) is 31.7. The maximum Gasteiger partial charge on any atom is 0.472 e.